The number of amides is 1. The van der Waals surface area contributed by atoms with Gasteiger partial charge in [0.05, 0.1) is 11.6 Å². The number of carbonyl (C=O) groups excluding carboxylic acids is 1. The number of halogens is 2. The minimum Gasteiger partial charge on any atom is -0.352 e. The molecule has 1 aliphatic carbocycles. The van der Waals surface area contributed by atoms with Crippen LogP contribution in [0, 0.1) is 0 Å². The van der Waals surface area contributed by atoms with E-state index in [1.807, 2.05) is 0 Å². The van der Waals surface area contributed by atoms with E-state index in [9.17, 15) is 13.2 Å². The zero-order chi connectivity index (χ0) is 18.4. The molecule has 0 aliphatic heterocycles. The second kappa shape index (κ2) is 9.21. The highest BCUT2D eigenvalue weighted by Crippen LogP contribution is 2.27. The van der Waals surface area contributed by atoms with Gasteiger partial charge in [-0.15, -0.1) is 0 Å². The molecule has 1 aromatic carbocycles. The van der Waals surface area contributed by atoms with Crippen molar-refractivity contribution in [3.8, 4) is 0 Å². The molecule has 1 aliphatic rings. The molecule has 0 radical (unpaired) electrons. The third-order valence-electron chi connectivity index (χ3n) is 4.40. The average molecular weight is 407 g/mol. The van der Waals surface area contributed by atoms with Gasteiger partial charge < -0.3 is 5.32 Å². The van der Waals surface area contributed by atoms with Gasteiger partial charge in [0.1, 0.15) is 4.90 Å². The van der Waals surface area contributed by atoms with E-state index >= 15 is 0 Å². The van der Waals surface area contributed by atoms with Crippen molar-refractivity contribution in [1.29, 1.82) is 0 Å². The van der Waals surface area contributed by atoms with Gasteiger partial charge in [-0.05, 0) is 31.0 Å². The summed E-state index contributed by atoms with van der Waals surface area (Å²) in [6.45, 7) is 1.64. The number of nitrogens with zero attached hydrogens (tertiary/aromatic N) is 1. The SMILES string of the molecule is CCN(CC(=O)NC1CCCCCC1)S(=O)(=O)c1cc(Cl)ccc1Cl. The average Bonchev–Trinajstić information content (AvgIpc) is 2.83. The number of rotatable bonds is 6. The van der Waals surface area contributed by atoms with E-state index in [0.717, 1.165) is 30.0 Å². The molecule has 2 rings (SSSR count). The Labute approximate surface area is 159 Å². The number of nitrogens with one attached hydrogen (secondary N) is 1. The van der Waals surface area contributed by atoms with Crippen molar-refractivity contribution >= 4 is 39.1 Å². The Bertz CT molecular complexity index is 702. The van der Waals surface area contributed by atoms with Gasteiger partial charge in [0.15, 0.2) is 0 Å². The van der Waals surface area contributed by atoms with Crippen LogP contribution in [0.2, 0.25) is 10.0 Å². The van der Waals surface area contributed by atoms with Crippen LogP contribution < -0.4 is 5.32 Å². The molecule has 8 heteroatoms. The smallest absolute Gasteiger partial charge is 0.245 e. The summed E-state index contributed by atoms with van der Waals surface area (Å²) in [7, 11) is -3.89. The Morgan fingerprint density at radius 1 is 1.20 bits per heavy atom. The van der Waals surface area contributed by atoms with Crippen molar-refractivity contribution in [2.45, 2.75) is 56.4 Å². The van der Waals surface area contributed by atoms with E-state index in [-0.39, 0.29) is 40.0 Å². The van der Waals surface area contributed by atoms with E-state index in [4.69, 9.17) is 23.2 Å². The fourth-order valence-electron chi connectivity index (χ4n) is 3.04. The summed E-state index contributed by atoms with van der Waals surface area (Å²) in [5.74, 6) is -0.282. The first-order valence-electron chi connectivity index (χ1n) is 8.59. The van der Waals surface area contributed by atoms with Crippen molar-refractivity contribution in [2.75, 3.05) is 13.1 Å². The van der Waals surface area contributed by atoms with E-state index < -0.39 is 10.0 Å². The number of sulfonamides is 1. The molecule has 25 heavy (non-hydrogen) atoms. The molecule has 0 bridgehead atoms. The Morgan fingerprint density at radius 2 is 1.84 bits per heavy atom. The monoisotopic (exact) mass is 406 g/mol. The molecule has 1 N–H and O–H groups in total. The molecule has 0 atom stereocenters. The van der Waals surface area contributed by atoms with E-state index in [1.54, 1.807) is 6.92 Å². The highest BCUT2D eigenvalue weighted by molar-refractivity contribution is 7.89. The molecule has 0 heterocycles. The third kappa shape index (κ3) is 5.58. The Morgan fingerprint density at radius 3 is 2.44 bits per heavy atom. The van der Waals surface area contributed by atoms with Gasteiger partial charge in [-0.25, -0.2) is 8.42 Å². The standard InChI is InChI=1S/C17H24Cl2N2O3S/c1-2-21(12-17(22)20-14-7-5-3-4-6-8-14)25(23,24)16-11-13(18)9-10-15(16)19/h9-11,14H,2-8,12H2,1H3,(H,20,22). The van der Waals surface area contributed by atoms with Crippen LogP contribution in [0.1, 0.15) is 45.4 Å². The quantitative estimate of drug-likeness (QED) is 0.729. The lowest BCUT2D eigenvalue weighted by atomic mass is 10.1. The summed E-state index contributed by atoms with van der Waals surface area (Å²) in [6.07, 6.45) is 6.47. The summed E-state index contributed by atoms with van der Waals surface area (Å²) >= 11 is 11.9. The molecule has 0 aromatic heterocycles. The van der Waals surface area contributed by atoms with Crippen molar-refractivity contribution in [3.63, 3.8) is 0 Å². The zero-order valence-corrected chi connectivity index (χ0v) is 16.6. The van der Waals surface area contributed by atoms with Crippen molar-refractivity contribution in [2.24, 2.45) is 0 Å². The van der Waals surface area contributed by atoms with Crippen LogP contribution in [0.15, 0.2) is 23.1 Å². The van der Waals surface area contributed by atoms with Gasteiger partial charge in [-0.3, -0.25) is 4.79 Å². The van der Waals surface area contributed by atoms with Crippen molar-refractivity contribution < 1.29 is 13.2 Å². The molecule has 0 unspecified atom stereocenters. The van der Waals surface area contributed by atoms with Gasteiger partial charge in [-0.2, -0.15) is 4.31 Å². The summed E-state index contributed by atoms with van der Waals surface area (Å²) in [5.41, 5.74) is 0. The number of carbonyl (C=O) groups is 1. The van der Waals surface area contributed by atoms with Crippen LogP contribution in [0.5, 0.6) is 0 Å². The maximum absolute atomic E-state index is 12.8. The number of likely N-dealkylation sites (N-methyl/N-ethyl adjacent to an activating group) is 1. The first-order valence-corrected chi connectivity index (χ1v) is 10.8. The molecule has 140 valence electrons. The molecule has 1 saturated carbocycles. The predicted molar refractivity (Wildman–Crippen MR) is 101 cm³/mol. The minimum absolute atomic E-state index is 0.0780. The van der Waals surface area contributed by atoms with Gasteiger partial charge >= 0.3 is 0 Å². The van der Waals surface area contributed by atoms with E-state index in [0.29, 0.717) is 0 Å². The summed E-state index contributed by atoms with van der Waals surface area (Å²) in [5, 5.41) is 3.34. The van der Waals surface area contributed by atoms with Crippen LogP contribution in [0.25, 0.3) is 0 Å². The Hall–Kier alpha value is -0.820. The zero-order valence-electron chi connectivity index (χ0n) is 14.3. The molecule has 5 nitrogen and oxygen atoms in total. The molecule has 0 saturated heterocycles. The maximum atomic E-state index is 12.8. The van der Waals surface area contributed by atoms with Gasteiger partial charge in [0.25, 0.3) is 0 Å². The molecular formula is C17H24Cl2N2O3S. The highest BCUT2D eigenvalue weighted by Gasteiger charge is 2.28. The number of hydrogen-bond donors (Lipinski definition) is 1. The summed E-state index contributed by atoms with van der Waals surface area (Å²) in [6, 6.07) is 4.41. The molecular weight excluding hydrogens is 383 g/mol. The van der Waals surface area contributed by atoms with Crippen LogP contribution in [-0.4, -0.2) is 37.8 Å². The van der Waals surface area contributed by atoms with Crippen LogP contribution >= 0.6 is 23.2 Å². The van der Waals surface area contributed by atoms with E-state index in [2.05, 4.69) is 5.32 Å². The van der Waals surface area contributed by atoms with Gasteiger partial charge in [-0.1, -0.05) is 55.8 Å². The Balaban J connectivity index is 2.09. The normalized spacial score (nSPS) is 16.6. The minimum atomic E-state index is -3.89. The fraction of sp³-hybridized carbons (Fsp3) is 0.588. The first kappa shape index (κ1) is 20.5. The Kier molecular flexibility index (Phi) is 7.55. The number of benzene rings is 1. The van der Waals surface area contributed by atoms with Gasteiger partial charge in [0.2, 0.25) is 15.9 Å². The lowest BCUT2D eigenvalue weighted by molar-refractivity contribution is -0.122. The maximum Gasteiger partial charge on any atom is 0.245 e. The van der Waals surface area contributed by atoms with Crippen LogP contribution in [0.4, 0.5) is 0 Å². The van der Waals surface area contributed by atoms with Gasteiger partial charge in [0, 0.05) is 17.6 Å². The second-order valence-electron chi connectivity index (χ2n) is 6.26. The number of hydrogen-bond acceptors (Lipinski definition) is 3. The third-order valence-corrected chi connectivity index (χ3v) is 7.04. The topological polar surface area (TPSA) is 66.5 Å². The van der Waals surface area contributed by atoms with Crippen molar-refractivity contribution in [3.05, 3.63) is 28.2 Å². The molecule has 1 amide bonds. The summed E-state index contributed by atoms with van der Waals surface area (Å²) < 4.78 is 26.8. The lowest BCUT2D eigenvalue weighted by Gasteiger charge is -2.23. The second-order valence-corrected chi connectivity index (χ2v) is 9.01. The predicted octanol–water partition coefficient (Wildman–Crippen LogP) is 3.84. The highest BCUT2D eigenvalue weighted by atomic mass is 35.5. The van der Waals surface area contributed by atoms with Crippen LogP contribution in [0.3, 0.4) is 0 Å². The van der Waals surface area contributed by atoms with Crippen LogP contribution in [-0.2, 0) is 14.8 Å². The van der Waals surface area contributed by atoms with Crippen molar-refractivity contribution in [1.82, 2.24) is 9.62 Å². The molecule has 1 fully saturated rings. The molecule has 1 aromatic rings. The molecule has 0 spiro atoms. The lowest BCUT2D eigenvalue weighted by Crippen LogP contribution is -2.44. The fourth-order valence-corrected chi connectivity index (χ4v) is 5.18. The summed E-state index contributed by atoms with van der Waals surface area (Å²) in [4.78, 5) is 12.3. The van der Waals surface area contributed by atoms with E-state index in [1.165, 1.54) is 31.0 Å². The first-order chi connectivity index (χ1) is 11.8. The largest absolute Gasteiger partial charge is 0.352 e.